The topological polar surface area (TPSA) is 37.4 Å². The Balaban J connectivity index is 2.06. The number of rotatable bonds is 3. The standard InChI is InChI=1S/C18H23NO2S2/c1-14-8-5-6-10-17(14)23(20,21)19-12-7-3-4-9-16(19)18-15(2)11-13-22-18/h5-6,8,10-11,13,16H,3-4,7,9,12H2,1-2H3/t16-/m1/s1. The number of sulfonamides is 1. The molecule has 1 saturated heterocycles. The Bertz CT molecular complexity index is 780. The van der Waals surface area contributed by atoms with E-state index in [-0.39, 0.29) is 6.04 Å². The summed E-state index contributed by atoms with van der Waals surface area (Å²) >= 11 is 1.68. The lowest BCUT2D eigenvalue weighted by atomic mass is 10.1. The molecular formula is C18H23NO2S2. The van der Waals surface area contributed by atoms with Gasteiger partial charge >= 0.3 is 0 Å². The van der Waals surface area contributed by atoms with E-state index in [1.807, 2.05) is 25.1 Å². The molecule has 1 atom stereocenters. The Morgan fingerprint density at radius 3 is 2.52 bits per heavy atom. The van der Waals surface area contributed by atoms with Crippen molar-refractivity contribution in [2.24, 2.45) is 0 Å². The second-order valence-electron chi connectivity index (χ2n) is 6.21. The average molecular weight is 350 g/mol. The molecule has 0 saturated carbocycles. The van der Waals surface area contributed by atoms with E-state index >= 15 is 0 Å². The maximum Gasteiger partial charge on any atom is 0.243 e. The van der Waals surface area contributed by atoms with E-state index in [9.17, 15) is 8.42 Å². The number of hydrogen-bond donors (Lipinski definition) is 0. The van der Waals surface area contributed by atoms with E-state index < -0.39 is 10.0 Å². The zero-order valence-electron chi connectivity index (χ0n) is 13.7. The fourth-order valence-electron chi connectivity index (χ4n) is 3.33. The van der Waals surface area contributed by atoms with Crippen molar-refractivity contribution in [3.05, 3.63) is 51.7 Å². The van der Waals surface area contributed by atoms with Crippen LogP contribution >= 0.6 is 11.3 Å². The van der Waals surface area contributed by atoms with Crippen LogP contribution < -0.4 is 0 Å². The van der Waals surface area contributed by atoms with Gasteiger partial charge in [-0.1, -0.05) is 31.0 Å². The fraction of sp³-hybridized carbons (Fsp3) is 0.444. The molecule has 0 spiro atoms. The Hall–Kier alpha value is -1.17. The third-order valence-electron chi connectivity index (χ3n) is 4.59. The van der Waals surface area contributed by atoms with Gasteiger partial charge in [0, 0.05) is 11.4 Å². The summed E-state index contributed by atoms with van der Waals surface area (Å²) in [7, 11) is -3.47. The zero-order valence-corrected chi connectivity index (χ0v) is 15.3. The van der Waals surface area contributed by atoms with Crippen molar-refractivity contribution in [1.29, 1.82) is 0 Å². The minimum Gasteiger partial charge on any atom is -0.207 e. The first-order valence-electron chi connectivity index (χ1n) is 8.13. The highest BCUT2D eigenvalue weighted by molar-refractivity contribution is 7.89. The molecule has 5 heteroatoms. The predicted molar refractivity (Wildman–Crippen MR) is 95.3 cm³/mol. The van der Waals surface area contributed by atoms with E-state index in [4.69, 9.17) is 0 Å². The Labute approximate surface area is 143 Å². The molecular weight excluding hydrogens is 326 g/mol. The summed E-state index contributed by atoms with van der Waals surface area (Å²) in [5.41, 5.74) is 2.02. The minimum atomic E-state index is -3.47. The Morgan fingerprint density at radius 2 is 1.83 bits per heavy atom. The molecule has 2 heterocycles. The van der Waals surface area contributed by atoms with Gasteiger partial charge < -0.3 is 0 Å². The van der Waals surface area contributed by atoms with Crippen molar-refractivity contribution in [2.45, 2.75) is 50.5 Å². The lowest BCUT2D eigenvalue weighted by Crippen LogP contribution is -2.35. The number of thiophene rings is 1. The maximum atomic E-state index is 13.3. The van der Waals surface area contributed by atoms with Crippen molar-refractivity contribution in [3.8, 4) is 0 Å². The van der Waals surface area contributed by atoms with Crippen LogP contribution in [0.2, 0.25) is 0 Å². The smallest absolute Gasteiger partial charge is 0.207 e. The lowest BCUT2D eigenvalue weighted by molar-refractivity contribution is 0.332. The van der Waals surface area contributed by atoms with Gasteiger partial charge in [-0.15, -0.1) is 11.3 Å². The fourth-order valence-corrected chi connectivity index (χ4v) is 6.36. The zero-order chi connectivity index (χ0) is 16.4. The molecule has 0 bridgehead atoms. The molecule has 1 aliphatic heterocycles. The van der Waals surface area contributed by atoms with Crippen molar-refractivity contribution in [3.63, 3.8) is 0 Å². The second kappa shape index (κ2) is 6.75. The number of benzene rings is 1. The average Bonchev–Trinajstić information content (AvgIpc) is 2.80. The molecule has 0 N–H and O–H groups in total. The van der Waals surface area contributed by atoms with Gasteiger partial charge in [-0.2, -0.15) is 4.31 Å². The summed E-state index contributed by atoms with van der Waals surface area (Å²) in [5.74, 6) is 0. The molecule has 124 valence electrons. The molecule has 0 radical (unpaired) electrons. The first-order chi connectivity index (χ1) is 11.0. The number of aryl methyl sites for hydroxylation is 2. The predicted octanol–water partition coefficient (Wildman–Crippen LogP) is 4.67. The van der Waals surface area contributed by atoms with Gasteiger partial charge in [-0.05, 0) is 55.3 Å². The van der Waals surface area contributed by atoms with Crippen LogP contribution in [0.25, 0.3) is 0 Å². The first-order valence-corrected chi connectivity index (χ1v) is 10.5. The molecule has 23 heavy (non-hydrogen) atoms. The molecule has 0 unspecified atom stereocenters. The molecule has 0 amide bonds. The van der Waals surface area contributed by atoms with Crippen LogP contribution in [-0.4, -0.2) is 19.3 Å². The normalized spacial score (nSPS) is 20.3. The van der Waals surface area contributed by atoms with Crippen molar-refractivity contribution in [2.75, 3.05) is 6.54 Å². The summed E-state index contributed by atoms with van der Waals surface area (Å²) in [5, 5.41) is 2.06. The van der Waals surface area contributed by atoms with Crippen LogP contribution in [0.5, 0.6) is 0 Å². The molecule has 2 aromatic rings. The highest BCUT2D eigenvalue weighted by Gasteiger charge is 2.35. The van der Waals surface area contributed by atoms with Crippen LogP contribution in [0.15, 0.2) is 40.6 Å². The summed E-state index contributed by atoms with van der Waals surface area (Å²) < 4.78 is 28.4. The van der Waals surface area contributed by atoms with Gasteiger partial charge in [0.1, 0.15) is 0 Å². The van der Waals surface area contributed by atoms with Gasteiger partial charge in [0.05, 0.1) is 10.9 Å². The van der Waals surface area contributed by atoms with E-state index in [0.717, 1.165) is 31.2 Å². The summed E-state index contributed by atoms with van der Waals surface area (Å²) in [6.45, 7) is 4.56. The van der Waals surface area contributed by atoms with Crippen molar-refractivity contribution in [1.82, 2.24) is 4.31 Å². The number of hydrogen-bond acceptors (Lipinski definition) is 3. The third kappa shape index (κ3) is 3.23. The second-order valence-corrected chi connectivity index (χ2v) is 9.02. The van der Waals surface area contributed by atoms with Gasteiger partial charge in [-0.3, -0.25) is 0 Å². The van der Waals surface area contributed by atoms with Gasteiger partial charge in [0.25, 0.3) is 0 Å². The highest BCUT2D eigenvalue weighted by atomic mass is 32.2. The molecule has 3 nitrogen and oxygen atoms in total. The Kier molecular flexibility index (Phi) is 4.90. The molecule has 3 rings (SSSR count). The van der Waals surface area contributed by atoms with Crippen molar-refractivity contribution < 1.29 is 8.42 Å². The van der Waals surface area contributed by atoms with Crippen LogP contribution in [0.1, 0.15) is 47.7 Å². The van der Waals surface area contributed by atoms with Crippen LogP contribution in [0.4, 0.5) is 0 Å². The van der Waals surface area contributed by atoms with Gasteiger partial charge in [-0.25, -0.2) is 8.42 Å². The van der Waals surface area contributed by atoms with Gasteiger partial charge in [0.15, 0.2) is 0 Å². The molecule has 1 aromatic carbocycles. The third-order valence-corrected chi connectivity index (χ3v) is 7.78. The SMILES string of the molecule is Cc1ccccc1S(=O)(=O)N1CCCCC[C@@H]1c1sccc1C. The van der Waals surface area contributed by atoms with E-state index in [1.54, 1.807) is 21.7 Å². The van der Waals surface area contributed by atoms with E-state index in [2.05, 4.69) is 18.4 Å². The highest BCUT2D eigenvalue weighted by Crippen LogP contribution is 2.38. The monoisotopic (exact) mass is 349 g/mol. The quantitative estimate of drug-likeness (QED) is 0.807. The van der Waals surface area contributed by atoms with Crippen LogP contribution in [0, 0.1) is 13.8 Å². The first kappa shape index (κ1) is 16.7. The number of nitrogens with zero attached hydrogens (tertiary/aromatic N) is 1. The largest absolute Gasteiger partial charge is 0.243 e. The summed E-state index contributed by atoms with van der Waals surface area (Å²) in [6.07, 6.45) is 4.03. The van der Waals surface area contributed by atoms with Crippen molar-refractivity contribution >= 4 is 21.4 Å². The molecule has 1 aromatic heterocycles. The molecule has 1 fully saturated rings. The van der Waals surface area contributed by atoms with E-state index in [0.29, 0.717) is 11.4 Å². The Morgan fingerprint density at radius 1 is 1.04 bits per heavy atom. The van der Waals surface area contributed by atoms with Gasteiger partial charge in [0.2, 0.25) is 10.0 Å². The summed E-state index contributed by atoms with van der Waals surface area (Å²) in [4.78, 5) is 1.64. The van der Waals surface area contributed by atoms with Crippen LogP contribution in [0.3, 0.4) is 0 Å². The molecule has 0 aliphatic carbocycles. The lowest BCUT2D eigenvalue weighted by Gasteiger charge is -2.29. The van der Waals surface area contributed by atoms with Crippen LogP contribution in [-0.2, 0) is 10.0 Å². The molecule has 1 aliphatic rings. The maximum absolute atomic E-state index is 13.3. The minimum absolute atomic E-state index is 0.0258. The van der Waals surface area contributed by atoms with E-state index in [1.165, 1.54) is 10.4 Å². The summed E-state index contributed by atoms with van der Waals surface area (Å²) in [6, 6.07) is 9.36.